The van der Waals surface area contributed by atoms with Crippen molar-refractivity contribution >= 4 is 22.4 Å². The Labute approximate surface area is 93.9 Å². The molecule has 0 radical (unpaired) electrons. The predicted octanol–water partition coefficient (Wildman–Crippen LogP) is 1.24. The van der Waals surface area contributed by atoms with Crippen molar-refractivity contribution in [2.45, 2.75) is 26.4 Å². The maximum absolute atomic E-state index is 9.65. The Morgan fingerprint density at radius 2 is 2.33 bits per heavy atom. The molecule has 1 saturated heterocycles. The van der Waals surface area contributed by atoms with E-state index in [0.29, 0.717) is 11.7 Å². The van der Waals surface area contributed by atoms with Gasteiger partial charge in [-0.15, -0.1) is 0 Å². The molecule has 0 aromatic carbocycles. The molecule has 2 rings (SSSR count). The van der Waals surface area contributed by atoms with E-state index in [1.165, 1.54) is 11.5 Å². The Balaban J connectivity index is 2.15. The Morgan fingerprint density at radius 1 is 1.60 bits per heavy atom. The monoisotopic (exact) mass is 227 g/mol. The van der Waals surface area contributed by atoms with E-state index in [-0.39, 0.29) is 6.10 Å². The van der Waals surface area contributed by atoms with Crippen LogP contribution in [0.3, 0.4) is 0 Å². The highest BCUT2D eigenvalue weighted by Crippen LogP contribution is 2.32. The first kappa shape index (κ1) is 10.7. The Hall–Kier alpha value is -0.810. The van der Waals surface area contributed by atoms with Gasteiger partial charge in [0.1, 0.15) is 10.8 Å². The second-order valence-corrected chi connectivity index (χ2v) is 5.03. The average molecular weight is 227 g/mol. The van der Waals surface area contributed by atoms with E-state index in [4.69, 9.17) is 5.73 Å². The predicted molar refractivity (Wildman–Crippen MR) is 63.3 cm³/mol. The third kappa shape index (κ3) is 1.94. The first-order valence-corrected chi connectivity index (χ1v) is 6.01. The van der Waals surface area contributed by atoms with Crippen LogP contribution in [0.15, 0.2) is 0 Å². The van der Waals surface area contributed by atoms with Gasteiger partial charge in [0.05, 0.1) is 6.10 Å². The van der Waals surface area contributed by atoms with Gasteiger partial charge >= 0.3 is 0 Å². The molecule has 15 heavy (non-hydrogen) atoms. The second-order valence-electron chi connectivity index (χ2n) is 4.28. The highest BCUT2D eigenvalue weighted by atomic mass is 32.1. The summed E-state index contributed by atoms with van der Waals surface area (Å²) in [4.78, 5) is 2.28. The normalized spacial score (nSPS) is 27.0. The third-order valence-corrected chi connectivity index (χ3v) is 4.11. The summed E-state index contributed by atoms with van der Waals surface area (Å²) < 4.78 is 4.15. The number of aromatic nitrogens is 1. The minimum absolute atomic E-state index is 0.160. The fourth-order valence-corrected chi connectivity index (χ4v) is 2.80. The summed E-state index contributed by atoms with van der Waals surface area (Å²) in [5.41, 5.74) is 6.81. The van der Waals surface area contributed by atoms with Crippen molar-refractivity contribution in [3.05, 3.63) is 5.56 Å². The van der Waals surface area contributed by atoms with Crippen molar-refractivity contribution < 1.29 is 5.11 Å². The van der Waals surface area contributed by atoms with Gasteiger partial charge in [0, 0.05) is 18.7 Å². The minimum atomic E-state index is -0.160. The van der Waals surface area contributed by atoms with Crippen LogP contribution in [-0.4, -0.2) is 28.7 Å². The molecule has 0 spiro atoms. The summed E-state index contributed by atoms with van der Waals surface area (Å²) in [5.74, 6) is 0.954. The lowest BCUT2D eigenvalue weighted by atomic mass is 9.97. The first-order valence-electron chi connectivity index (χ1n) is 5.24. The van der Waals surface area contributed by atoms with Crippen molar-refractivity contribution in [2.75, 3.05) is 23.7 Å². The first-order chi connectivity index (χ1) is 7.09. The van der Waals surface area contributed by atoms with Crippen molar-refractivity contribution in [2.24, 2.45) is 5.92 Å². The molecule has 0 bridgehead atoms. The Kier molecular flexibility index (Phi) is 2.84. The molecule has 1 fully saturated rings. The lowest BCUT2D eigenvalue weighted by Gasteiger charge is -2.35. The molecule has 2 unspecified atom stereocenters. The molecule has 1 aliphatic rings. The molecular formula is C10H17N3OS. The lowest BCUT2D eigenvalue weighted by molar-refractivity contribution is 0.0972. The van der Waals surface area contributed by atoms with E-state index < -0.39 is 0 Å². The van der Waals surface area contributed by atoms with E-state index in [0.717, 1.165) is 30.1 Å². The number of piperidine rings is 1. The van der Waals surface area contributed by atoms with Gasteiger partial charge < -0.3 is 15.7 Å². The summed E-state index contributed by atoms with van der Waals surface area (Å²) >= 11 is 1.46. The molecule has 0 saturated carbocycles. The number of nitrogen functional groups attached to an aromatic ring is 1. The number of nitrogens with two attached hydrogens (primary N) is 1. The van der Waals surface area contributed by atoms with Crippen LogP contribution in [-0.2, 0) is 0 Å². The highest BCUT2D eigenvalue weighted by molar-refractivity contribution is 7.10. The van der Waals surface area contributed by atoms with Crippen LogP contribution >= 0.6 is 11.5 Å². The molecule has 1 aromatic heterocycles. The molecule has 84 valence electrons. The average Bonchev–Trinajstić information content (AvgIpc) is 2.53. The summed E-state index contributed by atoms with van der Waals surface area (Å²) in [5, 5.41) is 10.8. The van der Waals surface area contributed by atoms with Crippen molar-refractivity contribution in [1.29, 1.82) is 0 Å². The van der Waals surface area contributed by atoms with Crippen molar-refractivity contribution in [3.8, 4) is 0 Å². The summed E-state index contributed by atoms with van der Waals surface area (Å²) in [7, 11) is 0. The number of aliphatic hydroxyl groups excluding tert-OH is 1. The van der Waals surface area contributed by atoms with E-state index in [9.17, 15) is 5.11 Å². The van der Waals surface area contributed by atoms with Crippen LogP contribution in [0, 0.1) is 12.8 Å². The molecular weight excluding hydrogens is 210 g/mol. The van der Waals surface area contributed by atoms with E-state index >= 15 is 0 Å². The minimum Gasteiger partial charge on any atom is -0.393 e. The largest absolute Gasteiger partial charge is 0.393 e. The Morgan fingerprint density at radius 3 is 2.87 bits per heavy atom. The molecule has 4 nitrogen and oxygen atoms in total. The van der Waals surface area contributed by atoms with Gasteiger partial charge in [0.2, 0.25) is 0 Å². The molecule has 2 atom stereocenters. The van der Waals surface area contributed by atoms with Gasteiger partial charge in [0.25, 0.3) is 0 Å². The van der Waals surface area contributed by atoms with Crippen LogP contribution in [0.1, 0.15) is 18.9 Å². The van der Waals surface area contributed by atoms with Gasteiger partial charge in [-0.05, 0) is 30.8 Å². The van der Waals surface area contributed by atoms with Crippen LogP contribution in [0.5, 0.6) is 0 Å². The lowest BCUT2D eigenvalue weighted by Crippen LogP contribution is -2.41. The van der Waals surface area contributed by atoms with Crippen LogP contribution in [0.4, 0.5) is 10.8 Å². The van der Waals surface area contributed by atoms with Crippen LogP contribution in [0.2, 0.25) is 0 Å². The molecule has 5 heteroatoms. The van der Waals surface area contributed by atoms with E-state index in [1.54, 1.807) is 0 Å². The SMILES string of the molecule is Cc1c(N)nsc1N1CCC(O)C(C)C1. The maximum Gasteiger partial charge on any atom is 0.142 e. The van der Waals surface area contributed by atoms with Gasteiger partial charge in [0.15, 0.2) is 0 Å². The van der Waals surface area contributed by atoms with Crippen LogP contribution in [0.25, 0.3) is 0 Å². The van der Waals surface area contributed by atoms with Gasteiger partial charge in [-0.25, -0.2) is 0 Å². The number of aliphatic hydroxyl groups is 1. The fourth-order valence-electron chi connectivity index (χ4n) is 1.95. The quantitative estimate of drug-likeness (QED) is 0.757. The van der Waals surface area contributed by atoms with E-state index in [1.807, 2.05) is 6.92 Å². The van der Waals surface area contributed by atoms with Gasteiger partial charge in [-0.3, -0.25) is 0 Å². The molecule has 0 amide bonds. The summed E-state index contributed by atoms with van der Waals surface area (Å²) in [6, 6.07) is 0. The van der Waals surface area contributed by atoms with Crippen molar-refractivity contribution in [1.82, 2.24) is 4.37 Å². The zero-order valence-corrected chi connectivity index (χ0v) is 9.92. The molecule has 1 aromatic rings. The number of anilines is 2. The smallest absolute Gasteiger partial charge is 0.142 e. The third-order valence-electron chi connectivity index (χ3n) is 3.08. The zero-order valence-electron chi connectivity index (χ0n) is 9.10. The standard InChI is InChI=1S/C10H17N3OS/c1-6-5-13(4-3-8(6)14)10-7(2)9(11)12-15-10/h6,8,14H,3-5H2,1-2H3,(H2,11,12). The fraction of sp³-hybridized carbons (Fsp3) is 0.700. The van der Waals surface area contributed by atoms with Crippen LogP contribution < -0.4 is 10.6 Å². The summed E-state index contributed by atoms with van der Waals surface area (Å²) in [6.45, 7) is 5.87. The van der Waals surface area contributed by atoms with Crippen molar-refractivity contribution in [3.63, 3.8) is 0 Å². The molecule has 3 N–H and O–H groups in total. The highest BCUT2D eigenvalue weighted by Gasteiger charge is 2.26. The van der Waals surface area contributed by atoms with Gasteiger partial charge in [-0.2, -0.15) is 4.37 Å². The number of rotatable bonds is 1. The Bertz CT molecular complexity index is 352. The molecule has 1 aliphatic heterocycles. The topological polar surface area (TPSA) is 62.4 Å². The maximum atomic E-state index is 9.65. The molecule has 0 aliphatic carbocycles. The van der Waals surface area contributed by atoms with Gasteiger partial charge in [-0.1, -0.05) is 6.92 Å². The number of hydrogen-bond donors (Lipinski definition) is 2. The second kappa shape index (κ2) is 3.98. The summed E-state index contributed by atoms with van der Waals surface area (Å²) in [6.07, 6.45) is 0.671. The van der Waals surface area contributed by atoms with E-state index in [2.05, 4.69) is 16.2 Å². The number of nitrogens with zero attached hydrogens (tertiary/aromatic N) is 2. The zero-order chi connectivity index (χ0) is 11.0. The number of hydrogen-bond acceptors (Lipinski definition) is 5. The molecule has 2 heterocycles.